The maximum absolute atomic E-state index is 12.7. The van der Waals surface area contributed by atoms with E-state index >= 15 is 0 Å². The molecule has 0 saturated carbocycles. The summed E-state index contributed by atoms with van der Waals surface area (Å²) in [6.45, 7) is 5.93. The number of hydrogen-bond acceptors (Lipinski definition) is 4. The number of carbonyl (C=O) groups excluding carboxylic acids is 1. The Morgan fingerprint density at radius 1 is 1.04 bits per heavy atom. The van der Waals surface area contributed by atoms with Gasteiger partial charge in [-0.15, -0.1) is 0 Å². The van der Waals surface area contributed by atoms with Crippen molar-refractivity contribution in [3.63, 3.8) is 0 Å². The molecule has 0 aromatic heterocycles. The molecule has 28 heavy (non-hydrogen) atoms. The van der Waals surface area contributed by atoms with Gasteiger partial charge in [-0.25, -0.2) is 0 Å². The molecule has 2 fully saturated rings. The van der Waals surface area contributed by atoms with Crippen LogP contribution < -0.4 is 5.32 Å². The number of amides is 1. The van der Waals surface area contributed by atoms with Gasteiger partial charge in [-0.3, -0.25) is 14.6 Å². The molecule has 0 spiro atoms. The first-order valence-corrected chi connectivity index (χ1v) is 9.83. The zero-order valence-electron chi connectivity index (χ0n) is 16.3. The molecule has 0 bridgehead atoms. The van der Waals surface area contributed by atoms with Crippen molar-refractivity contribution in [3.05, 3.63) is 35.9 Å². The van der Waals surface area contributed by atoms with E-state index in [-0.39, 0.29) is 6.54 Å². The lowest BCUT2D eigenvalue weighted by atomic mass is 9.84. The van der Waals surface area contributed by atoms with Crippen LogP contribution in [0.15, 0.2) is 30.3 Å². The maximum atomic E-state index is 12.7. The fourth-order valence-electron chi connectivity index (χ4n) is 4.20. The SMILES string of the molecule is CN1CCN(C2(CNC(=O)C(F)(F)F)CCN(Cc3ccccc3)CC2)CC1. The van der Waals surface area contributed by atoms with Crippen molar-refractivity contribution in [1.82, 2.24) is 20.0 Å². The van der Waals surface area contributed by atoms with Crippen LogP contribution in [-0.4, -0.2) is 85.2 Å². The number of piperazine rings is 1. The van der Waals surface area contributed by atoms with Crippen LogP contribution >= 0.6 is 0 Å². The smallest absolute Gasteiger partial charge is 0.346 e. The average Bonchev–Trinajstić information content (AvgIpc) is 2.68. The largest absolute Gasteiger partial charge is 0.471 e. The van der Waals surface area contributed by atoms with Crippen LogP contribution in [-0.2, 0) is 11.3 Å². The molecule has 8 heteroatoms. The summed E-state index contributed by atoms with van der Waals surface area (Å²) in [7, 11) is 2.05. The Kier molecular flexibility index (Phi) is 6.62. The highest BCUT2D eigenvalue weighted by Gasteiger charge is 2.44. The van der Waals surface area contributed by atoms with Gasteiger partial charge in [-0.05, 0) is 25.5 Å². The molecule has 0 radical (unpaired) electrons. The van der Waals surface area contributed by atoms with Crippen molar-refractivity contribution in [1.29, 1.82) is 0 Å². The number of carbonyl (C=O) groups is 1. The van der Waals surface area contributed by atoms with Gasteiger partial charge >= 0.3 is 12.1 Å². The van der Waals surface area contributed by atoms with Crippen LogP contribution in [0.5, 0.6) is 0 Å². The van der Waals surface area contributed by atoms with Crippen molar-refractivity contribution < 1.29 is 18.0 Å². The Labute approximate surface area is 164 Å². The highest BCUT2D eigenvalue weighted by atomic mass is 19.4. The number of piperidine rings is 1. The van der Waals surface area contributed by atoms with E-state index in [1.165, 1.54) is 5.56 Å². The number of rotatable bonds is 5. The second kappa shape index (κ2) is 8.80. The zero-order chi connectivity index (χ0) is 20.2. The summed E-state index contributed by atoms with van der Waals surface area (Å²) >= 11 is 0. The van der Waals surface area contributed by atoms with Crippen LogP contribution in [0.4, 0.5) is 13.2 Å². The lowest BCUT2D eigenvalue weighted by molar-refractivity contribution is -0.174. The van der Waals surface area contributed by atoms with E-state index in [0.29, 0.717) is 0 Å². The molecule has 3 rings (SSSR count). The number of nitrogens with zero attached hydrogens (tertiary/aromatic N) is 3. The first kappa shape index (κ1) is 21.1. The average molecular weight is 398 g/mol. The number of nitrogens with one attached hydrogen (secondary N) is 1. The summed E-state index contributed by atoms with van der Waals surface area (Å²) in [6, 6.07) is 10.2. The second-order valence-corrected chi connectivity index (χ2v) is 7.96. The van der Waals surface area contributed by atoms with Gasteiger partial charge in [-0.1, -0.05) is 30.3 Å². The summed E-state index contributed by atoms with van der Waals surface area (Å²) in [5, 5.41) is 2.17. The standard InChI is InChI=1S/C20H29F3N4O/c1-25-11-13-27(14-12-25)19(16-24-18(28)20(21,22)23)7-9-26(10-8-19)15-17-5-3-2-4-6-17/h2-6H,7-16H2,1H3,(H,24,28). The van der Waals surface area contributed by atoms with Gasteiger partial charge < -0.3 is 10.2 Å². The normalized spacial score (nSPS) is 22.1. The van der Waals surface area contributed by atoms with Crippen molar-refractivity contribution in [2.45, 2.75) is 31.1 Å². The summed E-state index contributed by atoms with van der Waals surface area (Å²) in [4.78, 5) is 18.3. The minimum Gasteiger partial charge on any atom is -0.346 e. The summed E-state index contributed by atoms with van der Waals surface area (Å²) in [5.74, 6) is -1.84. The topological polar surface area (TPSA) is 38.8 Å². The molecule has 5 nitrogen and oxygen atoms in total. The molecule has 2 saturated heterocycles. The minimum absolute atomic E-state index is 0.0498. The van der Waals surface area contributed by atoms with E-state index < -0.39 is 17.6 Å². The van der Waals surface area contributed by atoms with E-state index in [1.807, 2.05) is 18.2 Å². The molecule has 1 aromatic carbocycles. The Morgan fingerprint density at radius 3 is 2.21 bits per heavy atom. The van der Waals surface area contributed by atoms with Gasteiger partial charge in [0.2, 0.25) is 0 Å². The summed E-state index contributed by atoms with van der Waals surface area (Å²) < 4.78 is 38.1. The van der Waals surface area contributed by atoms with Gasteiger partial charge in [0.1, 0.15) is 0 Å². The van der Waals surface area contributed by atoms with Crippen LogP contribution in [0.25, 0.3) is 0 Å². The molecular formula is C20H29F3N4O. The Balaban J connectivity index is 1.65. The van der Waals surface area contributed by atoms with Crippen molar-refractivity contribution in [2.24, 2.45) is 0 Å². The number of likely N-dealkylation sites (tertiary alicyclic amines) is 1. The predicted molar refractivity (Wildman–Crippen MR) is 102 cm³/mol. The van der Waals surface area contributed by atoms with Gasteiger partial charge in [-0.2, -0.15) is 13.2 Å². The maximum Gasteiger partial charge on any atom is 0.471 e. The zero-order valence-corrected chi connectivity index (χ0v) is 16.3. The molecule has 2 heterocycles. The first-order valence-electron chi connectivity index (χ1n) is 9.83. The van der Waals surface area contributed by atoms with Crippen LogP contribution in [0.3, 0.4) is 0 Å². The fraction of sp³-hybridized carbons (Fsp3) is 0.650. The highest BCUT2D eigenvalue weighted by molar-refractivity contribution is 5.81. The van der Waals surface area contributed by atoms with E-state index in [0.717, 1.165) is 58.7 Å². The third-order valence-electron chi connectivity index (χ3n) is 6.05. The van der Waals surface area contributed by atoms with E-state index in [2.05, 4.69) is 39.2 Å². The number of likely N-dealkylation sites (N-methyl/N-ethyl adjacent to an activating group) is 1. The molecule has 156 valence electrons. The van der Waals surface area contributed by atoms with Crippen LogP contribution in [0.2, 0.25) is 0 Å². The van der Waals surface area contributed by atoms with E-state index in [4.69, 9.17) is 0 Å². The Hall–Kier alpha value is -1.64. The van der Waals surface area contributed by atoms with Crippen molar-refractivity contribution in [3.8, 4) is 0 Å². The van der Waals surface area contributed by atoms with Gasteiger partial charge in [0.25, 0.3) is 0 Å². The molecule has 2 aliphatic rings. The highest BCUT2D eigenvalue weighted by Crippen LogP contribution is 2.30. The van der Waals surface area contributed by atoms with Crippen LogP contribution in [0.1, 0.15) is 18.4 Å². The molecule has 0 unspecified atom stereocenters. The van der Waals surface area contributed by atoms with Gasteiger partial charge in [0.05, 0.1) is 0 Å². The van der Waals surface area contributed by atoms with E-state index in [1.54, 1.807) is 0 Å². The van der Waals surface area contributed by atoms with E-state index in [9.17, 15) is 18.0 Å². The third-order valence-corrected chi connectivity index (χ3v) is 6.05. The first-order chi connectivity index (χ1) is 13.3. The van der Waals surface area contributed by atoms with Crippen LogP contribution in [0, 0.1) is 0 Å². The number of alkyl halides is 3. The quantitative estimate of drug-likeness (QED) is 0.823. The van der Waals surface area contributed by atoms with Gasteiger partial charge in [0, 0.05) is 57.9 Å². The Bertz CT molecular complexity index is 637. The molecule has 1 amide bonds. The predicted octanol–water partition coefficient (Wildman–Crippen LogP) is 1.95. The molecule has 0 aliphatic carbocycles. The number of halogens is 3. The monoisotopic (exact) mass is 398 g/mol. The molecule has 0 atom stereocenters. The molecule has 1 N–H and O–H groups in total. The number of hydrogen-bond donors (Lipinski definition) is 1. The summed E-state index contributed by atoms with van der Waals surface area (Å²) in [6.07, 6.45) is -3.33. The molecule has 1 aromatic rings. The Morgan fingerprint density at radius 2 is 1.64 bits per heavy atom. The van der Waals surface area contributed by atoms with Gasteiger partial charge in [0.15, 0.2) is 0 Å². The van der Waals surface area contributed by atoms with Crippen molar-refractivity contribution in [2.75, 3.05) is 52.9 Å². The molecule has 2 aliphatic heterocycles. The lowest BCUT2D eigenvalue weighted by Gasteiger charge is -2.51. The minimum atomic E-state index is -4.84. The molecular weight excluding hydrogens is 369 g/mol. The third kappa shape index (κ3) is 5.24. The summed E-state index contributed by atoms with van der Waals surface area (Å²) in [5.41, 5.74) is 0.829. The van der Waals surface area contributed by atoms with Crippen molar-refractivity contribution >= 4 is 5.91 Å². The second-order valence-electron chi connectivity index (χ2n) is 7.96. The lowest BCUT2D eigenvalue weighted by Crippen LogP contribution is -2.64. The number of benzene rings is 1. The fourth-order valence-corrected chi connectivity index (χ4v) is 4.20.